The Bertz CT molecular complexity index is 518. The van der Waals surface area contributed by atoms with Crippen molar-refractivity contribution in [3.8, 4) is 0 Å². The zero-order chi connectivity index (χ0) is 15.5. The summed E-state index contributed by atoms with van der Waals surface area (Å²) < 4.78 is 4.06. The van der Waals surface area contributed by atoms with Crippen molar-refractivity contribution >= 4 is 23.3 Å². The zero-order valence-electron chi connectivity index (χ0n) is 11.7. The van der Waals surface area contributed by atoms with Crippen LogP contribution in [0.4, 0.5) is 11.4 Å². The number of carboxylic acids is 1. The standard InChI is InChI=1S/C12H11N.C4H6O4/c1-3-7-11(8-4-1)13-12-9-5-2-6-10-12;1-2-8-4(7)3(5)6/h1-10,13H;2H2,1H3,(H,5,6). The molecule has 0 fully saturated rings. The summed E-state index contributed by atoms with van der Waals surface area (Å²) in [5.41, 5.74) is 2.24. The van der Waals surface area contributed by atoms with Crippen LogP contribution >= 0.6 is 0 Å². The highest BCUT2D eigenvalue weighted by Gasteiger charge is 2.09. The van der Waals surface area contributed by atoms with Crippen molar-refractivity contribution in [1.82, 2.24) is 0 Å². The summed E-state index contributed by atoms with van der Waals surface area (Å²) in [5.74, 6) is -2.75. The maximum absolute atomic E-state index is 9.92. The molecule has 0 unspecified atom stereocenters. The number of hydrogen-bond acceptors (Lipinski definition) is 4. The molecule has 0 radical (unpaired) electrons. The molecule has 0 aliphatic heterocycles. The molecular weight excluding hydrogens is 270 g/mol. The average Bonchev–Trinajstić information content (AvgIpc) is 2.50. The topological polar surface area (TPSA) is 75.6 Å². The van der Waals surface area contributed by atoms with Gasteiger partial charge in [-0.1, -0.05) is 36.4 Å². The van der Waals surface area contributed by atoms with Crippen molar-refractivity contribution < 1.29 is 19.4 Å². The predicted octanol–water partition coefficient (Wildman–Crippen LogP) is 3.06. The van der Waals surface area contributed by atoms with Gasteiger partial charge in [0.05, 0.1) is 6.61 Å². The predicted molar refractivity (Wildman–Crippen MR) is 80.4 cm³/mol. The lowest BCUT2D eigenvalue weighted by atomic mass is 10.3. The molecule has 0 atom stereocenters. The van der Waals surface area contributed by atoms with Gasteiger partial charge in [-0.2, -0.15) is 0 Å². The van der Waals surface area contributed by atoms with E-state index >= 15 is 0 Å². The normalized spacial score (nSPS) is 9.00. The minimum Gasteiger partial charge on any atom is -0.473 e. The van der Waals surface area contributed by atoms with E-state index in [0.29, 0.717) is 0 Å². The van der Waals surface area contributed by atoms with E-state index in [1.165, 1.54) is 0 Å². The van der Waals surface area contributed by atoms with Crippen LogP contribution in [0.5, 0.6) is 0 Å². The lowest BCUT2D eigenvalue weighted by Gasteiger charge is -2.04. The van der Waals surface area contributed by atoms with E-state index < -0.39 is 11.9 Å². The van der Waals surface area contributed by atoms with E-state index in [0.717, 1.165) is 11.4 Å². The van der Waals surface area contributed by atoms with Gasteiger partial charge >= 0.3 is 11.9 Å². The van der Waals surface area contributed by atoms with Crippen LogP contribution in [0.1, 0.15) is 6.92 Å². The summed E-state index contributed by atoms with van der Waals surface area (Å²) in [7, 11) is 0. The van der Waals surface area contributed by atoms with E-state index in [2.05, 4.69) is 10.1 Å². The summed E-state index contributed by atoms with van der Waals surface area (Å²) in [6.45, 7) is 1.64. The lowest BCUT2D eigenvalue weighted by molar-refractivity contribution is -0.163. The number of esters is 1. The van der Waals surface area contributed by atoms with Crippen LogP contribution in [0.3, 0.4) is 0 Å². The van der Waals surface area contributed by atoms with E-state index in [9.17, 15) is 9.59 Å². The van der Waals surface area contributed by atoms with Crippen molar-refractivity contribution in [1.29, 1.82) is 0 Å². The smallest absolute Gasteiger partial charge is 0.417 e. The molecule has 5 heteroatoms. The van der Waals surface area contributed by atoms with Crippen LogP contribution in [0.25, 0.3) is 0 Å². The lowest BCUT2D eigenvalue weighted by Crippen LogP contribution is -2.15. The minimum absolute atomic E-state index is 0.102. The number of benzene rings is 2. The van der Waals surface area contributed by atoms with E-state index in [1.54, 1.807) is 6.92 Å². The summed E-state index contributed by atoms with van der Waals surface area (Å²) in [4.78, 5) is 19.5. The molecule has 0 aliphatic carbocycles. The van der Waals surface area contributed by atoms with E-state index in [4.69, 9.17) is 5.11 Å². The SMILES string of the molecule is CCOC(=O)C(=O)O.c1ccc(Nc2ccccc2)cc1. The van der Waals surface area contributed by atoms with Gasteiger partial charge in [-0.05, 0) is 31.2 Å². The Kier molecular flexibility index (Phi) is 7.07. The van der Waals surface area contributed by atoms with E-state index in [-0.39, 0.29) is 6.61 Å². The number of para-hydroxylation sites is 2. The second-order valence-electron chi connectivity index (χ2n) is 3.88. The van der Waals surface area contributed by atoms with Gasteiger partial charge in [0.2, 0.25) is 0 Å². The number of rotatable bonds is 3. The Hall–Kier alpha value is -2.82. The number of ether oxygens (including phenoxy) is 1. The molecule has 2 rings (SSSR count). The molecule has 0 bridgehead atoms. The molecule has 0 saturated heterocycles. The van der Waals surface area contributed by atoms with Crippen LogP contribution in [0.2, 0.25) is 0 Å². The fourth-order valence-electron chi connectivity index (χ4n) is 1.40. The third kappa shape index (κ3) is 6.77. The van der Waals surface area contributed by atoms with Crippen molar-refractivity contribution in [2.24, 2.45) is 0 Å². The van der Waals surface area contributed by atoms with Crippen molar-refractivity contribution in [3.05, 3.63) is 60.7 Å². The molecule has 2 N–H and O–H groups in total. The van der Waals surface area contributed by atoms with Gasteiger partial charge in [0.1, 0.15) is 0 Å². The molecule has 2 aromatic rings. The number of hydrogen-bond donors (Lipinski definition) is 2. The van der Waals surface area contributed by atoms with Crippen LogP contribution in [-0.4, -0.2) is 23.7 Å². The maximum atomic E-state index is 9.92. The number of carboxylic acid groups (broad SMARTS) is 1. The fourth-order valence-corrected chi connectivity index (χ4v) is 1.40. The first-order valence-corrected chi connectivity index (χ1v) is 6.40. The Morgan fingerprint density at radius 2 is 1.38 bits per heavy atom. The van der Waals surface area contributed by atoms with Crippen molar-refractivity contribution in [2.45, 2.75) is 6.92 Å². The summed E-state index contributed by atoms with van der Waals surface area (Å²) in [6.07, 6.45) is 0. The monoisotopic (exact) mass is 287 g/mol. The van der Waals surface area contributed by atoms with Crippen LogP contribution in [0, 0.1) is 0 Å². The molecule has 0 aliphatic rings. The third-order valence-corrected chi connectivity index (χ3v) is 2.29. The molecule has 21 heavy (non-hydrogen) atoms. The Labute approximate surface area is 123 Å². The highest BCUT2D eigenvalue weighted by atomic mass is 16.6. The first-order valence-electron chi connectivity index (χ1n) is 6.40. The fraction of sp³-hybridized carbons (Fsp3) is 0.125. The number of anilines is 2. The highest BCUT2D eigenvalue weighted by molar-refractivity contribution is 6.28. The molecule has 0 spiro atoms. The van der Waals surface area contributed by atoms with Crippen molar-refractivity contribution in [3.63, 3.8) is 0 Å². The van der Waals surface area contributed by atoms with Crippen LogP contribution in [0.15, 0.2) is 60.7 Å². The minimum atomic E-state index is -1.55. The van der Waals surface area contributed by atoms with Crippen LogP contribution in [-0.2, 0) is 14.3 Å². The van der Waals surface area contributed by atoms with Crippen molar-refractivity contribution in [2.75, 3.05) is 11.9 Å². The molecule has 0 amide bonds. The molecule has 110 valence electrons. The number of nitrogens with one attached hydrogen (secondary N) is 1. The first-order chi connectivity index (χ1) is 10.1. The highest BCUT2D eigenvalue weighted by Crippen LogP contribution is 2.14. The number of carbonyl (C=O) groups excluding carboxylic acids is 1. The molecular formula is C16H17NO4. The summed E-state index contributed by atoms with van der Waals surface area (Å²) in [5, 5.41) is 11.1. The number of carbonyl (C=O) groups is 2. The average molecular weight is 287 g/mol. The van der Waals surface area contributed by atoms with Gasteiger partial charge < -0.3 is 15.2 Å². The van der Waals surface area contributed by atoms with Gasteiger partial charge in [0.25, 0.3) is 0 Å². The molecule has 0 aromatic heterocycles. The zero-order valence-corrected chi connectivity index (χ0v) is 11.7. The summed E-state index contributed by atoms with van der Waals surface area (Å²) in [6, 6.07) is 20.3. The quantitative estimate of drug-likeness (QED) is 0.670. The van der Waals surface area contributed by atoms with Gasteiger partial charge in [-0.15, -0.1) is 0 Å². The third-order valence-electron chi connectivity index (χ3n) is 2.29. The van der Waals surface area contributed by atoms with Gasteiger partial charge in [-0.3, -0.25) is 0 Å². The molecule has 5 nitrogen and oxygen atoms in total. The second kappa shape index (κ2) is 9.14. The maximum Gasteiger partial charge on any atom is 0.417 e. The van der Waals surface area contributed by atoms with Gasteiger partial charge in [-0.25, -0.2) is 9.59 Å². The molecule has 0 saturated carbocycles. The Morgan fingerprint density at radius 3 is 1.67 bits per heavy atom. The number of aliphatic carboxylic acids is 1. The second-order valence-corrected chi connectivity index (χ2v) is 3.88. The van der Waals surface area contributed by atoms with Gasteiger partial charge in [0.15, 0.2) is 0 Å². The Morgan fingerprint density at radius 1 is 0.952 bits per heavy atom. The molecule has 2 aromatic carbocycles. The molecule has 0 heterocycles. The van der Waals surface area contributed by atoms with Gasteiger partial charge in [0, 0.05) is 11.4 Å². The largest absolute Gasteiger partial charge is 0.473 e. The van der Waals surface area contributed by atoms with Crippen LogP contribution < -0.4 is 5.32 Å². The Balaban J connectivity index is 0.000000240. The summed E-state index contributed by atoms with van der Waals surface area (Å²) >= 11 is 0. The first kappa shape index (κ1) is 16.2. The van der Waals surface area contributed by atoms with E-state index in [1.807, 2.05) is 60.7 Å².